The van der Waals surface area contributed by atoms with Crippen LogP contribution < -0.4 is 4.74 Å². The zero-order valence-corrected chi connectivity index (χ0v) is 12.3. The molecule has 4 heteroatoms. The van der Waals surface area contributed by atoms with Gasteiger partial charge in [-0.15, -0.1) is 0 Å². The molecular formula is C17H14ClNO2. The minimum absolute atomic E-state index is 0.0685. The number of ether oxygens (including phenoxy) is 1. The third-order valence-electron chi connectivity index (χ3n) is 3.25. The van der Waals surface area contributed by atoms with Gasteiger partial charge in [-0.3, -0.25) is 0 Å². The Bertz CT molecular complexity index is 802. The van der Waals surface area contributed by atoms with Gasteiger partial charge in [0, 0.05) is 11.5 Å². The van der Waals surface area contributed by atoms with E-state index in [0.29, 0.717) is 16.7 Å². The highest BCUT2D eigenvalue weighted by molar-refractivity contribution is 6.32. The van der Waals surface area contributed by atoms with E-state index in [-0.39, 0.29) is 6.61 Å². The first-order chi connectivity index (χ1) is 10.2. The van der Waals surface area contributed by atoms with Crippen LogP contribution in [-0.2, 0) is 6.61 Å². The molecule has 0 radical (unpaired) electrons. The van der Waals surface area contributed by atoms with Crippen molar-refractivity contribution in [3.63, 3.8) is 0 Å². The summed E-state index contributed by atoms with van der Waals surface area (Å²) in [7, 11) is 0. The lowest BCUT2D eigenvalue weighted by Crippen LogP contribution is -1.94. The second kappa shape index (κ2) is 5.72. The number of hydrogen-bond donors (Lipinski definition) is 1. The normalized spacial score (nSPS) is 10.8. The molecule has 1 heterocycles. The Kier molecular flexibility index (Phi) is 3.78. The molecule has 0 spiro atoms. The molecule has 0 unspecified atom stereocenters. The molecular weight excluding hydrogens is 286 g/mol. The van der Waals surface area contributed by atoms with Crippen molar-refractivity contribution in [2.24, 2.45) is 0 Å². The van der Waals surface area contributed by atoms with Gasteiger partial charge in [0.1, 0.15) is 5.75 Å². The Morgan fingerprint density at radius 3 is 2.76 bits per heavy atom. The highest BCUT2D eigenvalue weighted by Gasteiger charge is 2.09. The molecule has 1 aromatic heterocycles. The van der Waals surface area contributed by atoms with Gasteiger partial charge in [0.25, 0.3) is 0 Å². The van der Waals surface area contributed by atoms with Crippen LogP contribution in [0.2, 0.25) is 5.02 Å². The van der Waals surface area contributed by atoms with E-state index in [0.717, 1.165) is 22.0 Å². The van der Waals surface area contributed by atoms with Crippen LogP contribution in [0.15, 0.2) is 48.5 Å². The van der Waals surface area contributed by atoms with Gasteiger partial charge in [0.05, 0.1) is 17.1 Å². The molecule has 0 aliphatic carbocycles. The number of aliphatic hydroxyl groups is 1. The Morgan fingerprint density at radius 2 is 1.95 bits per heavy atom. The van der Waals surface area contributed by atoms with Crippen molar-refractivity contribution in [2.45, 2.75) is 13.5 Å². The molecule has 2 aromatic carbocycles. The molecule has 0 amide bonds. The number of pyridine rings is 1. The van der Waals surface area contributed by atoms with Crippen LogP contribution in [0, 0.1) is 6.92 Å². The van der Waals surface area contributed by atoms with E-state index < -0.39 is 0 Å². The number of aromatic nitrogens is 1. The Morgan fingerprint density at radius 1 is 1.14 bits per heavy atom. The van der Waals surface area contributed by atoms with Gasteiger partial charge in [0.2, 0.25) is 5.88 Å². The smallest absolute Gasteiger partial charge is 0.220 e. The van der Waals surface area contributed by atoms with Gasteiger partial charge >= 0.3 is 0 Å². The number of halogens is 1. The van der Waals surface area contributed by atoms with E-state index in [9.17, 15) is 5.11 Å². The summed E-state index contributed by atoms with van der Waals surface area (Å²) in [4.78, 5) is 4.46. The van der Waals surface area contributed by atoms with E-state index in [4.69, 9.17) is 16.3 Å². The Balaban J connectivity index is 2.06. The second-order valence-corrected chi connectivity index (χ2v) is 5.24. The van der Waals surface area contributed by atoms with Gasteiger partial charge in [0.15, 0.2) is 0 Å². The summed E-state index contributed by atoms with van der Waals surface area (Å²) < 4.78 is 5.79. The molecule has 0 fully saturated rings. The molecule has 0 saturated carbocycles. The summed E-state index contributed by atoms with van der Waals surface area (Å²) in [5.41, 5.74) is 2.61. The molecule has 106 valence electrons. The van der Waals surface area contributed by atoms with Crippen molar-refractivity contribution in [3.05, 3.63) is 64.7 Å². The van der Waals surface area contributed by atoms with Crippen molar-refractivity contribution < 1.29 is 9.84 Å². The summed E-state index contributed by atoms with van der Waals surface area (Å²) in [6.45, 7) is 1.90. The molecule has 0 bridgehead atoms. The lowest BCUT2D eigenvalue weighted by atomic mass is 10.1. The standard InChI is InChI=1S/C17H14ClNO2/c1-11-6-7-14(18)16(8-11)21-17-9-12(10-20)13-4-2-3-5-15(13)19-17/h2-9,20H,10H2,1H3. The van der Waals surface area contributed by atoms with E-state index in [1.54, 1.807) is 12.1 Å². The molecule has 0 saturated heterocycles. The minimum atomic E-state index is -0.0685. The maximum atomic E-state index is 9.52. The first kappa shape index (κ1) is 13.9. The van der Waals surface area contributed by atoms with Crippen molar-refractivity contribution in [1.29, 1.82) is 0 Å². The third-order valence-corrected chi connectivity index (χ3v) is 3.56. The summed E-state index contributed by atoms with van der Waals surface area (Å²) in [6, 6.07) is 14.9. The van der Waals surface area contributed by atoms with Gasteiger partial charge in [-0.2, -0.15) is 0 Å². The second-order valence-electron chi connectivity index (χ2n) is 4.83. The number of fused-ring (bicyclic) bond motifs is 1. The quantitative estimate of drug-likeness (QED) is 0.775. The molecule has 0 aliphatic rings. The average molecular weight is 300 g/mol. The van der Waals surface area contributed by atoms with Crippen molar-refractivity contribution in [1.82, 2.24) is 4.98 Å². The maximum absolute atomic E-state index is 9.52. The Labute approximate surface area is 127 Å². The number of aryl methyl sites for hydroxylation is 1. The van der Waals surface area contributed by atoms with Crippen LogP contribution in [0.4, 0.5) is 0 Å². The lowest BCUT2D eigenvalue weighted by molar-refractivity contribution is 0.282. The molecule has 21 heavy (non-hydrogen) atoms. The number of rotatable bonds is 3. The third kappa shape index (κ3) is 2.84. The predicted molar refractivity (Wildman–Crippen MR) is 83.9 cm³/mol. The van der Waals surface area contributed by atoms with Gasteiger partial charge in [-0.05, 0) is 36.2 Å². The van der Waals surface area contributed by atoms with Crippen molar-refractivity contribution in [2.75, 3.05) is 0 Å². The van der Waals surface area contributed by atoms with Crippen LogP contribution in [0.25, 0.3) is 10.9 Å². The monoisotopic (exact) mass is 299 g/mol. The predicted octanol–water partition coefficient (Wildman–Crippen LogP) is 4.48. The topological polar surface area (TPSA) is 42.4 Å². The fraction of sp³-hybridized carbons (Fsp3) is 0.118. The Hall–Kier alpha value is -2.10. The van der Waals surface area contributed by atoms with E-state index in [1.807, 2.05) is 43.3 Å². The van der Waals surface area contributed by atoms with E-state index in [2.05, 4.69) is 4.98 Å². The highest BCUT2D eigenvalue weighted by atomic mass is 35.5. The average Bonchev–Trinajstić information content (AvgIpc) is 2.50. The van der Waals surface area contributed by atoms with Crippen LogP contribution >= 0.6 is 11.6 Å². The number of nitrogens with zero attached hydrogens (tertiary/aromatic N) is 1. The molecule has 3 nitrogen and oxygen atoms in total. The molecule has 3 aromatic rings. The first-order valence-electron chi connectivity index (χ1n) is 6.61. The molecule has 1 N–H and O–H groups in total. The van der Waals surface area contributed by atoms with Crippen molar-refractivity contribution >= 4 is 22.5 Å². The number of benzene rings is 2. The highest BCUT2D eigenvalue weighted by Crippen LogP contribution is 2.31. The van der Waals surface area contributed by atoms with Crippen LogP contribution in [0.1, 0.15) is 11.1 Å². The lowest BCUT2D eigenvalue weighted by Gasteiger charge is -2.10. The van der Waals surface area contributed by atoms with Crippen LogP contribution in [0.3, 0.4) is 0 Å². The van der Waals surface area contributed by atoms with Gasteiger partial charge in [-0.25, -0.2) is 4.98 Å². The summed E-state index contributed by atoms with van der Waals surface area (Å²) >= 11 is 6.14. The molecule has 3 rings (SSSR count). The van der Waals surface area contributed by atoms with Crippen molar-refractivity contribution in [3.8, 4) is 11.6 Å². The fourth-order valence-corrected chi connectivity index (χ4v) is 2.36. The van der Waals surface area contributed by atoms with E-state index >= 15 is 0 Å². The molecule has 0 atom stereocenters. The van der Waals surface area contributed by atoms with E-state index in [1.165, 1.54) is 0 Å². The number of para-hydroxylation sites is 1. The fourth-order valence-electron chi connectivity index (χ4n) is 2.21. The number of hydrogen-bond acceptors (Lipinski definition) is 3. The van der Waals surface area contributed by atoms with Crippen LogP contribution in [0.5, 0.6) is 11.6 Å². The maximum Gasteiger partial charge on any atom is 0.220 e. The number of aliphatic hydroxyl groups excluding tert-OH is 1. The van der Waals surface area contributed by atoms with Crippen LogP contribution in [-0.4, -0.2) is 10.1 Å². The minimum Gasteiger partial charge on any atom is -0.437 e. The summed E-state index contributed by atoms with van der Waals surface area (Å²) in [5, 5.41) is 11.0. The zero-order valence-electron chi connectivity index (χ0n) is 11.5. The van der Waals surface area contributed by atoms with Gasteiger partial charge in [-0.1, -0.05) is 35.9 Å². The summed E-state index contributed by atoms with van der Waals surface area (Å²) in [5.74, 6) is 0.980. The first-order valence-corrected chi connectivity index (χ1v) is 6.98. The zero-order chi connectivity index (χ0) is 14.8. The SMILES string of the molecule is Cc1ccc(Cl)c(Oc2cc(CO)c3ccccc3n2)c1. The van der Waals surface area contributed by atoms with Gasteiger partial charge < -0.3 is 9.84 Å². The largest absolute Gasteiger partial charge is 0.437 e. The molecule has 0 aliphatic heterocycles. The summed E-state index contributed by atoms with van der Waals surface area (Å²) in [6.07, 6.45) is 0.